The molecule has 0 aliphatic rings. The molecule has 41 heavy (non-hydrogen) atoms. The zero-order valence-electron chi connectivity index (χ0n) is 22.0. The topological polar surface area (TPSA) is 51.8 Å². The van der Waals surface area contributed by atoms with Gasteiger partial charge < -0.3 is 4.42 Å². The number of nitrogens with zero attached hydrogens (tertiary/aromatic N) is 3. The zero-order valence-corrected chi connectivity index (χ0v) is 22.0. The molecular weight excluding hydrogens is 502 g/mol. The maximum atomic E-state index is 6.55. The summed E-state index contributed by atoms with van der Waals surface area (Å²) < 4.78 is 6.55. The van der Waals surface area contributed by atoms with Gasteiger partial charge in [0.1, 0.15) is 11.2 Å². The molecule has 4 heteroatoms. The van der Waals surface area contributed by atoms with Gasteiger partial charge >= 0.3 is 0 Å². The van der Waals surface area contributed by atoms with Crippen LogP contribution in [0.4, 0.5) is 0 Å². The molecule has 0 spiro atoms. The largest absolute Gasteiger partial charge is 0.455 e. The molecule has 0 saturated heterocycles. The monoisotopic (exact) mass is 525 g/mol. The predicted octanol–water partition coefficient (Wildman–Crippen LogP) is 9.59. The lowest BCUT2D eigenvalue weighted by Gasteiger charge is -2.13. The van der Waals surface area contributed by atoms with Crippen molar-refractivity contribution in [2.45, 2.75) is 0 Å². The van der Waals surface area contributed by atoms with Gasteiger partial charge in [-0.2, -0.15) is 0 Å². The highest BCUT2D eigenvalue weighted by Gasteiger charge is 2.20. The van der Waals surface area contributed by atoms with E-state index in [1.54, 1.807) is 0 Å². The lowest BCUT2D eigenvalue weighted by molar-refractivity contribution is 0.673. The van der Waals surface area contributed by atoms with Crippen LogP contribution in [-0.2, 0) is 0 Å². The summed E-state index contributed by atoms with van der Waals surface area (Å²) in [5.74, 6) is 1.90. The molecule has 0 unspecified atom stereocenters. The van der Waals surface area contributed by atoms with E-state index in [1.807, 2.05) is 84.9 Å². The second-order valence-corrected chi connectivity index (χ2v) is 10.0. The molecule has 0 bridgehead atoms. The first-order valence-corrected chi connectivity index (χ1v) is 13.6. The van der Waals surface area contributed by atoms with Gasteiger partial charge in [0.25, 0.3) is 0 Å². The highest BCUT2D eigenvalue weighted by Crippen LogP contribution is 2.43. The minimum absolute atomic E-state index is 0.625. The van der Waals surface area contributed by atoms with Crippen LogP contribution >= 0.6 is 0 Å². The Balaban J connectivity index is 1.50. The maximum Gasteiger partial charge on any atom is 0.164 e. The molecule has 8 rings (SSSR count). The molecule has 8 aromatic rings. The number of aromatic nitrogens is 3. The smallest absolute Gasteiger partial charge is 0.164 e. The molecule has 0 aliphatic heterocycles. The maximum absolute atomic E-state index is 6.55. The minimum atomic E-state index is 0.625. The van der Waals surface area contributed by atoms with Crippen LogP contribution in [0.25, 0.3) is 78.0 Å². The fraction of sp³-hybridized carbons (Fsp3) is 0. The van der Waals surface area contributed by atoms with E-state index in [0.717, 1.165) is 60.5 Å². The number of furan rings is 1. The van der Waals surface area contributed by atoms with E-state index in [-0.39, 0.29) is 0 Å². The predicted molar refractivity (Wildman–Crippen MR) is 166 cm³/mol. The van der Waals surface area contributed by atoms with E-state index >= 15 is 0 Å². The summed E-state index contributed by atoms with van der Waals surface area (Å²) in [6, 6.07) is 47.4. The van der Waals surface area contributed by atoms with Gasteiger partial charge in [0.15, 0.2) is 17.5 Å². The summed E-state index contributed by atoms with van der Waals surface area (Å²) in [5, 5.41) is 4.18. The van der Waals surface area contributed by atoms with Crippen molar-refractivity contribution in [2.75, 3.05) is 0 Å². The highest BCUT2D eigenvalue weighted by atomic mass is 16.3. The van der Waals surface area contributed by atoms with E-state index in [0.29, 0.717) is 17.5 Å². The summed E-state index contributed by atoms with van der Waals surface area (Å²) >= 11 is 0. The first-order chi connectivity index (χ1) is 20.3. The van der Waals surface area contributed by atoms with E-state index in [9.17, 15) is 0 Å². The molecule has 6 aromatic carbocycles. The molecular formula is C37H23N3O. The first-order valence-electron chi connectivity index (χ1n) is 13.6. The van der Waals surface area contributed by atoms with Crippen molar-refractivity contribution in [2.24, 2.45) is 0 Å². The number of hydrogen-bond donors (Lipinski definition) is 0. The van der Waals surface area contributed by atoms with Gasteiger partial charge in [-0.05, 0) is 28.6 Å². The average Bonchev–Trinajstić information content (AvgIpc) is 3.44. The number of fused-ring (bicyclic) bond motifs is 5. The molecule has 0 radical (unpaired) electrons. The second-order valence-electron chi connectivity index (χ2n) is 10.0. The summed E-state index contributed by atoms with van der Waals surface area (Å²) in [7, 11) is 0. The van der Waals surface area contributed by atoms with Gasteiger partial charge in [0, 0.05) is 32.8 Å². The fourth-order valence-electron chi connectivity index (χ4n) is 5.61. The Morgan fingerprint density at radius 3 is 1.59 bits per heavy atom. The molecule has 2 aromatic heterocycles. The highest BCUT2D eigenvalue weighted by molar-refractivity contribution is 6.22. The Kier molecular flexibility index (Phi) is 5.42. The number of para-hydroxylation sites is 1. The van der Waals surface area contributed by atoms with Crippen molar-refractivity contribution < 1.29 is 4.42 Å². The Labute approximate surface area is 236 Å². The average molecular weight is 526 g/mol. The first kappa shape index (κ1) is 23.3. The SMILES string of the molecule is c1ccc(-c2nc(-c3ccccc3)nc(-c3cc4c5ccccc5oc4c4c(-c5ccccc5)cccc34)n2)cc1. The molecule has 0 N–H and O–H groups in total. The van der Waals surface area contributed by atoms with E-state index in [2.05, 4.69) is 54.6 Å². The Bertz CT molecular complexity index is 2130. The minimum Gasteiger partial charge on any atom is -0.455 e. The van der Waals surface area contributed by atoms with Crippen LogP contribution in [0.15, 0.2) is 144 Å². The van der Waals surface area contributed by atoms with Crippen molar-refractivity contribution >= 4 is 32.7 Å². The van der Waals surface area contributed by atoms with Gasteiger partial charge in [-0.25, -0.2) is 15.0 Å². The fourth-order valence-corrected chi connectivity index (χ4v) is 5.61. The number of hydrogen-bond acceptors (Lipinski definition) is 4. The third-order valence-corrected chi connectivity index (χ3v) is 7.53. The third kappa shape index (κ3) is 3.97. The van der Waals surface area contributed by atoms with Gasteiger partial charge in [0.2, 0.25) is 0 Å². The van der Waals surface area contributed by atoms with Crippen molar-refractivity contribution in [3.8, 4) is 45.3 Å². The molecule has 0 amide bonds. The standard InChI is InChI=1S/C37H23N3O/c1-4-13-24(14-5-1)27-20-12-21-29-31(23-30-28-19-10-11-22-32(28)41-34(30)33(27)29)37-39-35(25-15-6-2-7-16-25)38-36(40-37)26-17-8-3-9-18-26/h1-23H. The van der Waals surface area contributed by atoms with E-state index in [4.69, 9.17) is 19.4 Å². The zero-order chi connectivity index (χ0) is 27.2. The van der Waals surface area contributed by atoms with Gasteiger partial charge in [-0.1, -0.05) is 127 Å². The Morgan fingerprint density at radius 1 is 0.390 bits per heavy atom. The lowest BCUT2D eigenvalue weighted by Crippen LogP contribution is -2.00. The van der Waals surface area contributed by atoms with Crippen LogP contribution in [0.2, 0.25) is 0 Å². The quantitative estimate of drug-likeness (QED) is 0.230. The summed E-state index contributed by atoms with van der Waals surface area (Å²) in [6.45, 7) is 0. The van der Waals surface area contributed by atoms with E-state index in [1.165, 1.54) is 0 Å². The van der Waals surface area contributed by atoms with Gasteiger partial charge in [-0.15, -0.1) is 0 Å². The van der Waals surface area contributed by atoms with Crippen molar-refractivity contribution in [1.82, 2.24) is 15.0 Å². The van der Waals surface area contributed by atoms with Crippen LogP contribution < -0.4 is 0 Å². The van der Waals surface area contributed by atoms with Crippen LogP contribution in [-0.4, -0.2) is 15.0 Å². The number of rotatable bonds is 4. The molecule has 192 valence electrons. The molecule has 4 nitrogen and oxygen atoms in total. The second kappa shape index (κ2) is 9.54. The summed E-state index contributed by atoms with van der Waals surface area (Å²) in [6.07, 6.45) is 0. The normalized spacial score (nSPS) is 11.4. The van der Waals surface area contributed by atoms with Crippen molar-refractivity contribution in [3.63, 3.8) is 0 Å². The Hall–Kier alpha value is -5.61. The third-order valence-electron chi connectivity index (χ3n) is 7.53. The van der Waals surface area contributed by atoms with Crippen molar-refractivity contribution in [3.05, 3.63) is 140 Å². The van der Waals surface area contributed by atoms with E-state index < -0.39 is 0 Å². The lowest BCUT2D eigenvalue weighted by atomic mass is 9.93. The van der Waals surface area contributed by atoms with Crippen LogP contribution in [0.1, 0.15) is 0 Å². The molecule has 0 aliphatic carbocycles. The van der Waals surface area contributed by atoms with Crippen LogP contribution in [0.3, 0.4) is 0 Å². The van der Waals surface area contributed by atoms with Gasteiger partial charge in [-0.3, -0.25) is 0 Å². The van der Waals surface area contributed by atoms with Crippen LogP contribution in [0, 0.1) is 0 Å². The molecule has 0 fully saturated rings. The molecule has 0 saturated carbocycles. The van der Waals surface area contributed by atoms with Crippen molar-refractivity contribution in [1.29, 1.82) is 0 Å². The summed E-state index contributed by atoms with van der Waals surface area (Å²) in [5.41, 5.74) is 6.78. The number of benzene rings is 6. The summed E-state index contributed by atoms with van der Waals surface area (Å²) in [4.78, 5) is 15.0. The van der Waals surface area contributed by atoms with Crippen LogP contribution in [0.5, 0.6) is 0 Å². The molecule has 2 heterocycles. The Morgan fingerprint density at radius 2 is 0.927 bits per heavy atom. The van der Waals surface area contributed by atoms with Gasteiger partial charge in [0.05, 0.1) is 0 Å². The molecule has 0 atom stereocenters.